The van der Waals surface area contributed by atoms with Gasteiger partial charge in [0.25, 0.3) is 0 Å². The minimum Gasteiger partial charge on any atom is -0.859 e. The van der Waals surface area contributed by atoms with E-state index < -0.39 is 11.9 Å². The summed E-state index contributed by atoms with van der Waals surface area (Å²) in [7, 11) is 1.85. The van der Waals surface area contributed by atoms with Crippen molar-refractivity contribution in [2.45, 2.75) is 0 Å². The Morgan fingerprint density at radius 2 is 2.06 bits per heavy atom. The van der Waals surface area contributed by atoms with E-state index in [2.05, 4.69) is 15.6 Å². The first-order valence-electron chi connectivity index (χ1n) is 4.64. The predicted molar refractivity (Wildman–Crippen MR) is 55.9 cm³/mol. The average Bonchev–Trinajstić information content (AvgIpc) is 2.20. The van der Waals surface area contributed by atoms with Crippen LogP contribution in [0, 0.1) is 0 Å². The number of hydrogen-bond donors (Lipinski definition) is 3. The Labute approximate surface area is 117 Å². The second-order valence-electron chi connectivity index (χ2n) is 2.75. The Morgan fingerprint density at radius 1 is 1.38 bits per heavy atom. The fourth-order valence-corrected chi connectivity index (χ4v) is 0.779. The molecular weight excluding hydrogens is 221 g/mol. The third-order valence-electron chi connectivity index (χ3n) is 1.48. The molecule has 0 unspecified atom stereocenters. The van der Waals surface area contributed by atoms with E-state index >= 15 is 0 Å². The molecular formula is C9H16N3NaO3. The molecule has 7 heteroatoms. The van der Waals surface area contributed by atoms with Gasteiger partial charge in [-0.2, -0.15) is 0 Å². The number of nitrogens with zero attached hydrogens (tertiary/aromatic N) is 1. The third-order valence-corrected chi connectivity index (χ3v) is 1.48. The largest absolute Gasteiger partial charge is 1.00 e. The third kappa shape index (κ3) is 13.6. The molecule has 0 rings (SSSR count). The van der Waals surface area contributed by atoms with Crippen molar-refractivity contribution in [3.8, 4) is 0 Å². The van der Waals surface area contributed by atoms with Gasteiger partial charge >= 0.3 is 35.5 Å². The van der Waals surface area contributed by atoms with Crippen LogP contribution < -0.4 is 45.3 Å². The van der Waals surface area contributed by atoms with E-state index in [-0.39, 0.29) is 29.6 Å². The van der Waals surface area contributed by atoms with Crippen molar-refractivity contribution >= 4 is 11.9 Å². The normalized spacial score (nSPS) is 11.4. The summed E-state index contributed by atoms with van der Waals surface area (Å²) in [6.45, 7) is 2.62. The molecule has 0 aromatic rings. The van der Waals surface area contributed by atoms with E-state index in [9.17, 15) is 9.90 Å². The molecule has 86 valence electrons. The first-order valence-corrected chi connectivity index (χ1v) is 4.64. The van der Waals surface area contributed by atoms with E-state index in [0.29, 0.717) is 13.1 Å². The van der Waals surface area contributed by atoms with Gasteiger partial charge in [-0.1, -0.05) is 0 Å². The number of rotatable bonds is 8. The van der Waals surface area contributed by atoms with Gasteiger partial charge in [0, 0.05) is 25.7 Å². The van der Waals surface area contributed by atoms with Gasteiger partial charge in [0.2, 0.25) is 0 Å². The van der Waals surface area contributed by atoms with E-state index in [4.69, 9.17) is 5.11 Å². The zero-order chi connectivity index (χ0) is 11.5. The molecule has 0 aromatic carbocycles. The number of likely N-dealkylation sites (N-methyl/N-ethyl adjacent to an activating group) is 1. The molecule has 0 amide bonds. The van der Waals surface area contributed by atoms with Crippen LogP contribution >= 0.6 is 0 Å². The number of carboxylic acid groups (broad SMARTS) is 1. The van der Waals surface area contributed by atoms with Crippen LogP contribution in [-0.4, -0.2) is 50.2 Å². The molecule has 6 nitrogen and oxygen atoms in total. The molecule has 0 saturated carbocycles. The first-order chi connectivity index (χ1) is 7.16. The van der Waals surface area contributed by atoms with Gasteiger partial charge in [0.05, 0.1) is 6.54 Å². The minimum absolute atomic E-state index is 0. The molecule has 0 spiro atoms. The fraction of sp³-hybridized carbons (Fsp3) is 0.556. The molecule has 0 fully saturated rings. The smallest absolute Gasteiger partial charge is 0.859 e. The molecule has 0 heterocycles. The summed E-state index contributed by atoms with van der Waals surface area (Å²) in [5, 5.41) is 25.1. The van der Waals surface area contributed by atoms with Crippen LogP contribution in [-0.2, 0) is 4.79 Å². The number of carboxylic acids is 1. The van der Waals surface area contributed by atoms with Crippen molar-refractivity contribution in [1.82, 2.24) is 10.6 Å². The van der Waals surface area contributed by atoms with Gasteiger partial charge in [-0.25, -0.2) is 4.79 Å². The van der Waals surface area contributed by atoms with Crippen molar-refractivity contribution < 1.29 is 44.6 Å². The molecule has 0 aliphatic rings. The number of nitrogens with one attached hydrogen (secondary N) is 2. The second-order valence-corrected chi connectivity index (χ2v) is 2.75. The van der Waals surface area contributed by atoms with Crippen LogP contribution in [0.1, 0.15) is 0 Å². The molecule has 0 aliphatic heterocycles. The summed E-state index contributed by atoms with van der Waals surface area (Å²) in [5.74, 6) is -1.67. The standard InChI is InChI=1S/C9H17N3O3.Na/c1-10-4-5-11-6-7-12-8(13)2-3-9(14)15;/h2-3,10-11H,4-7H2,1H3,(H,12,13)(H,14,15);/q;+1/p-1/b3-2+;. The van der Waals surface area contributed by atoms with Gasteiger partial charge in [-0.3, -0.25) is 4.99 Å². The second kappa shape index (κ2) is 12.7. The number of aliphatic imine (C=N–C) groups is 1. The number of hydrogen-bond acceptors (Lipinski definition) is 5. The fourth-order valence-electron chi connectivity index (χ4n) is 0.779. The molecule has 0 radical (unpaired) electrons. The summed E-state index contributed by atoms with van der Waals surface area (Å²) in [4.78, 5) is 13.7. The molecule has 16 heavy (non-hydrogen) atoms. The molecule has 0 aliphatic carbocycles. The average molecular weight is 237 g/mol. The van der Waals surface area contributed by atoms with Crippen molar-refractivity contribution in [1.29, 1.82) is 0 Å². The molecule has 0 atom stereocenters. The summed E-state index contributed by atoms with van der Waals surface area (Å²) < 4.78 is 0. The van der Waals surface area contributed by atoms with Crippen molar-refractivity contribution in [3.05, 3.63) is 12.2 Å². The van der Waals surface area contributed by atoms with Crippen molar-refractivity contribution in [3.63, 3.8) is 0 Å². The Kier molecular flexibility index (Phi) is 14.2. The summed E-state index contributed by atoms with van der Waals surface area (Å²) >= 11 is 0. The van der Waals surface area contributed by atoms with Gasteiger partial charge in [0.1, 0.15) is 0 Å². The maximum Gasteiger partial charge on any atom is 1.00 e. The van der Waals surface area contributed by atoms with E-state index in [1.807, 2.05) is 7.05 Å². The van der Waals surface area contributed by atoms with Gasteiger partial charge < -0.3 is 20.8 Å². The number of aliphatic carboxylic acids is 1. The zero-order valence-corrected chi connectivity index (χ0v) is 11.7. The quantitative estimate of drug-likeness (QED) is 0.129. The molecule has 0 bridgehead atoms. The van der Waals surface area contributed by atoms with Crippen LogP contribution in [0.4, 0.5) is 0 Å². The maximum atomic E-state index is 10.9. The van der Waals surface area contributed by atoms with Crippen LogP contribution in [0.25, 0.3) is 0 Å². The monoisotopic (exact) mass is 237 g/mol. The van der Waals surface area contributed by atoms with Crippen LogP contribution in [0.5, 0.6) is 0 Å². The molecule has 0 aromatic heterocycles. The van der Waals surface area contributed by atoms with Crippen LogP contribution in [0.2, 0.25) is 0 Å². The zero-order valence-electron chi connectivity index (χ0n) is 9.69. The first kappa shape index (κ1) is 18.0. The predicted octanol–water partition coefficient (Wildman–Crippen LogP) is -4.80. The summed E-state index contributed by atoms with van der Waals surface area (Å²) in [5.41, 5.74) is 0. The van der Waals surface area contributed by atoms with Gasteiger partial charge in [-0.05, 0) is 19.0 Å². The van der Waals surface area contributed by atoms with E-state index in [1.54, 1.807) is 0 Å². The summed E-state index contributed by atoms with van der Waals surface area (Å²) in [6.07, 6.45) is 1.72. The SMILES string of the molecule is CNCCNCCN=C([O-])/C=C/C(=O)O.[Na+]. The van der Waals surface area contributed by atoms with E-state index in [1.165, 1.54) is 0 Å². The Balaban J connectivity index is 0. The Bertz CT molecular complexity index is 244. The van der Waals surface area contributed by atoms with Crippen molar-refractivity contribution in [2.75, 3.05) is 33.2 Å². The summed E-state index contributed by atoms with van der Waals surface area (Å²) in [6, 6.07) is 0. The maximum absolute atomic E-state index is 10.9. The van der Waals surface area contributed by atoms with Crippen LogP contribution in [0.15, 0.2) is 17.1 Å². The molecule has 3 N–H and O–H groups in total. The Hall–Kier alpha value is -0.400. The topological polar surface area (TPSA) is 96.8 Å². The molecule has 0 saturated heterocycles. The van der Waals surface area contributed by atoms with Gasteiger partial charge in [-0.15, -0.1) is 0 Å². The van der Waals surface area contributed by atoms with E-state index in [0.717, 1.165) is 25.2 Å². The minimum atomic E-state index is -1.15. The Morgan fingerprint density at radius 3 is 2.62 bits per heavy atom. The number of carbonyl (C=O) groups is 1. The van der Waals surface area contributed by atoms with Crippen LogP contribution in [0.3, 0.4) is 0 Å². The van der Waals surface area contributed by atoms with Crippen molar-refractivity contribution in [2.24, 2.45) is 4.99 Å². The van der Waals surface area contributed by atoms with Gasteiger partial charge in [0.15, 0.2) is 0 Å².